The molecule has 2 saturated heterocycles. The second kappa shape index (κ2) is 6.55. The third-order valence-electron chi connectivity index (χ3n) is 8.11. The topological polar surface area (TPSA) is 88.5 Å². The number of fused-ring (bicyclic) bond motifs is 1. The van der Waals surface area contributed by atoms with Crippen LogP contribution in [-0.2, 0) is 19.0 Å². The Morgan fingerprint density at radius 1 is 1.26 bits per heavy atom. The predicted molar refractivity (Wildman–Crippen MR) is 97.9 cm³/mol. The van der Waals surface area contributed by atoms with Crippen molar-refractivity contribution in [2.24, 2.45) is 22.7 Å². The summed E-state index contributed by atoms with van der Waals surface area (Å²) < 4.78 is 16.5. The van der Waals surface area contributed by atoms with Gasteiger partial charge in [-0.1, -0.05) is 19.9 Å². The molecule has 7 atom stereocenters. The zero-order chi connectivity index (χ0) is 19.4. The lowest BCUT2D eigenvalue weighted by Crippen LogP contribution is -2.60. The molecule has 2 aliphatic heterocycles. The van der Waals surface area contributed by atoms with Crippen LogP contribution in [0.3, 0.4) is 0 Å². The highest BCUT2D eigenvalue weighted by atomic mass is 16.6. The molecule has 1 spiro atoms. The van der Waals surface area contributed by atoms with Gasteiger partial charge in [-0.2, -0.15) is 0 Å². The van der Waals surface area contributed by atoms with Crippen LogP contribution in [0, 0.1) is 22.7 Å². The minimum absolute atomic E-state index is 0.00815. The molecule has 0 radical (unpaired) electrons. The predicted octanol–water partition coefficient (Wildman–Crippen LogP) is 1.83. The molecule has 2 aliphatic carbocycles. The van der Waals surface area contributed by atoms with E-state index in [0.717, 1.165) is 32.3 Å². The monoisotopic (exact) mass is 380 g/mol. The van der Waals surface area contributed by atoms with Gasteiger partial charge in [0.25, 0.3) is 0 Å². The fourth-order valence-corrected chi connectivity index (χ4v) is 6.54. The standard InChI is InChI=1S/C21H32O6/c1-19-8-7-17(23)20(2,11-25-3)15(19)6-9-21(12-27-21)16(19)5-4-13-14(22)10-26-18(13)24/h4,14-17,22-23H,5-12H2,1-3H3/b13-4+/t14-,15?,16?,17-,19+,20+,21?/m1/s1. The third kappa shape index (κ3) is 2.87. The molecule has 6 heteroatoms. The molecule has 0 aromatic heterocycles. The van der Waals surface area contributed by atoms with Crippen LogP contribution >= 0.6 is 0 Å². The van der Waals surface area contributed by atoms with Crippen molar-refractivity contribution in [1.29, 1.82) is 0 Å². The van der Waals surface area contributed by atoms with Crippen molar-refractivity contribution in [3.63, 3.8) is 0 Å². The highest BCUT2D eigenvalue weighted by Gasteiger charge is 2.66. The summed E-state index contributed by atoms with van der Waals surface area (Å²) in [6.07, 6.45) is 5.05. The molecule has 0 aromatic carbocycles. The number of allylic oxidation sites excluding steroid dienone is 1. The van der Waals surface area contributed by atoms with Crippen molar-refractivity contribution >= 4 is 5.97 Å². The Labute approximate surface area is 160 Å². The zero-order valence-corrected chi connectivity index (χ0v) is 16.6. The van der Waals surface area contributed by atoms with E-state index in [4.69, 9.17) is 14.2 Å². The number of ether oxygens (including phenoxy) is 3. The van der Waals surface area contributed by atoms with Crippen LogP contribution in [0.4, 0.5) is 0 Å². The van der Waals surface area contributed by atoms with E-state index in [1.807, 2.05) is 6.08 Å². The van der Waals surface area contributed by atoms with Crippen LogP contribution < -0.4 is 0 Å². The largest absolute Gasteiger partial charge is 0.459 e. The number of carbonyl (C=O) groups is 1. The molecule has 4 fully saturated rings. The molecule has 6 nitrogen and oxygen atoms in total. The first-order chi connectivity index (χ1) is 12.8. The van der Waals surface area contributed by atoms with E-state index in [0.29, 0.717) is 24.5 Å². The van der Waals surface area contributed by atoms with E-state index in [1.54, 1.807) is 7.11 Å². The summed E-state index contributed by atoms with van der Waals surface area (Å²) >= 11 is 0. The van der Waals surface area contributed by atoms with Gasteiger partial charge in [0.15, 0.2) is 0 Å². The first-order valence-corrected chi connectivity index (χ1v) is 10.1. The molecule has 0 aromatic rings. The number of epoxide rings is 1. The van der Waals surface area contributed by atoms with Gasteiger partial charge in [-0.25, -0.2) is 4.79 Å². The minimum Gasteiger partial charge on any atom is -0.459 e. The Balaban J connectivity index is 1.65. The molecule has 3 unspecified atom stereocenters. The number of methoxy groups -OCH3 is 1. The number of cyclic esters (lactones) is 1. The van der Waals surface area contributed by atoms with Crippen molar-refractivity contribution < 1.29 is 29.2 Å². The van der Waals surface area contributed by atoms with E-state index < -0.39 is 12.1 Å². The molecular weight excluding hydrogens is 348 g/mol. The van der Waals surface area contributed by atoms with Crippen molar-refractivity contribution in [3.8, 4) is 0 Å². The van der Waals surface area contributed by atoms with Gasteiger partial charge in [-0.3, -0.25) is 0 Å². The number of hydrogen-bond donors (Lipinski definition) is 2. The van der Waals surface area contributed by atoms with E-state index in [-0.39, 0.29) is 35.1 Å². The molecule has 4 aliphatic rings. The normalized spacial score (nSPS) is 50.7. The first kappa shape index (κ1) is 19.4. The maximum atomic E-state index is 11.9. The second-order valence-electron chi connectivity index (χ2n) is 9.51. The summed E-state index contributed by atoms with van der Waals surface area (Å²) in [5.41, 5.74) is -0.0280. The van der Waals surface area contributed by atoms with E-state index in [9.17, 15) is 15.0 Å². The van der Waals surface area contributed by atoms with Crippen molar-refractivity contribution in [2.75, 3.05) is 26.9 Å². The minimum atomic E-state index is -0.826. The Morgan fingerprint density at radius 2 is 2.00 bits per heavy atom. The fourth-order valence-electron chi connectivity index (χ4n) is 6.54. The second-order valence-corrected chi connectivity index (χ2v) is 9.51. The van der Waals surface area contributed by atoms with Crippen molar-refractivity contribution in [2.45, 2.75) is 63.8 Å². The average Bonchev–Trinajstić information content (AvgIpc) is 3.32. The molecule has 0 bridgehead atoms. The van der Waals surface area contributed by atoms with Gasteiger partial charge in [-0.15, -0.1) is 0 Å². The van der Waals surface area contributed by atoms with Crippen molar-refractivity contribution in [1.82, 2.24) is 0 Å². The maximum Gasteiger partial charge on any atom is 0.336 e. The van der Waals surface area contributed by atoms with Crippen LogP contribution in [0.25, 0.3) is 0 Å². The third-order valence-corrected chi connectivity index (χ3v) is 8.11. The first-order valence-electron chi connectivity index (χ1n) is 10.1. The van der Waals surface area contributed by atoms with Crippen LogP contribution in [0.5, 0.6) is 0 Å². The summed E-state index contributed by atoms with van der Waals surface area (Å²) in [5, 5.41) is 20.8. The summed E-state index contributed by atoms with van der Waals surface area (Å²) in [5.74, 6) is 0.168. The summed E-state index contributed by atoms with van der Waals surface area (Å²) in [6.45, 7) is 5.84. The Morgan fingerprint density at radius 3 is 2.59 bits per heavy atom. The molecule has 2 saturated carbocycles. The quantitative estimate of drug-likeness (QED) is 0.439. The van der Waals surface area contributed by atoms with Gasteiger partial charge in [0, 0.05) is 12.5 Å². The molecule has 0 amide bonds. The van der Waals surface area contributed by atoms with Crippen LogP contribution in [0.2, 0.25) is 0 Å². The molecule has 27 heavy (non-hydrogen) atoms. The number of hydrogen-bond acceptors (Lipinski definition) is 6. The molecule has 152 valence electrons. The van der Waals surface area contributed by atoms with Gasteiger partial charge in [0.05, 0.1) is 30.5 Å². The lowest BCUT2D eigenvalue weighted by molar-refractivity contribution is -0.178. The average molecular weight is 380 g/mol. The SMILES string of the molecule is COC[C@@]1(C)C2CCC3(CO3)C(C/C=C3/C(=O)OC[C@H]3O)[C@@]2(C)CC[C@H]1O. The Kier molecular flexibility index (Phi) is 4.70. The summed E-state index contributed by atoms with van der Waals surface area (Å²) in [4.78, 5) is 11.9. The van der Waals surface area contributed by atoms with Gasteiger partial charge >= 0.3 is 5.97 Å². The highest BCUT2D eigenvalue weighted by Crippen LogP contribution is 2.66. The smallest absolute Gasteiger partial charge is 0.336 e. The van der Waals surface area contributed by atoms with Gasteiger partial charge < -0.3 is 24.4 Å². The molecule has 4 rings (SSSR count). The van der Waals surface area contributed by atoms with Gasteiger partial charge in [0.2, 0.25) is 0 Å². The zero-order valence-electron chi connectivity index (χ0n) is 16.6. The highest BCUT2D eigenvalue weighted by molar-refractivity contribution is 5.91. The Hall–Kier alpha value is -0.950. The van der Waals surface area contributed by atoms with Crippen LogP contribution in [-0.4, -0.2) is 60.9 Å². The number of carbonyl (C=O) groups excluding carboxylic acids is 1. The van der Waals surface area contributed by atoms with Gasteiger partial charge in [-0.05, 0) is 49.4 Å². The van der Waals surface area contributed by atoms with Crippen LogP contribution in [0.1, 0.15) is 46.0 Å². The van der Waals surface area contributed by atoms with Crippen molar-refractivity contribution in [3.05, 3.63) is 11.6 Å². The lowest BCUT2D eigenvalue weighted by Gasteiger charge is -2.61. The van der Waals surface area contributed by atoms with E-state index in [1.165, 1.54) is 0 Å². The molecule has 2 heterocycles. The number of esters is 1. The lowest BCUT2D eigenvalue weighted by atomic mass is 9.45. The molecular formula is C21H32O6. The molecule has 2 N–H and O–H groups in total. The number of rotatable bonds is 4. The van der Waals surface area contributed by atoms with E-state index in [2.05, 4.69) is 13.8 Å². The Bertz CT molecular complexity index is 641. The fraction of sp³-hybridized carbons (Fsp3) is 0.857. The number of aliphatic hydroxyl groups excluding tert-OH is 2. The van der Waals surface area contributed by atoms with Crippen LogP contribution in [0.15, 0.2) is 11.6 Å². The van der Waals surface area contributed by atoms with E-state index >= 15 is 0 Å². The van der Waals surface area contributed by atoms with Gasteiger partial charge in [0.1, 0.15) is 12.7 Å². The maximum absolute atomic E-state index is 11.9. The summed E-state index contributed by atoms with van der Waals surface area (Å²) in [6, 6.07) is 0. The summed E-state index contributed by atoms with van der Waals surface area (Å²) in [7, 11) is 1.70. The number of aliphatic hydroxyl groups is 2.